The van der Waals surface area contributed by atoms with Gasteiger partial charge >= 0.3 is 0 Å². The molecule has 4 rings (SSSR count). The number of rotatable bonds is 1. The van der Waals surface area contributed by atoms with Gasteiger partial charge in [0, 0.05) is 17.5 Å². The third-order valence-electron chi connectivity index (χ3n) is 4.54. The quantitative estimate of drug-likeness (QED) is 0.874. The number of aromatic amines is 1. The summed E-state index contributed by atoms with van der Waals surface area (Å²) in [5.74, 6) is 1.05. The molecular weight excluding hydrogens is 274 g/mol. The molecule has 0 amide bonds. The number of para-hydroxylation sites is 1. The second-order valence-corrected chi connectivity index (χ2v) is 6.31. The molecule has 1 aromatic heterocycles. The lowest BCUT2D eigenvalue weighted by atomic mass is 9.82. The lowest BCUT2D eigenvalue weighted by Crippen LogP contribution is -2.29. The standard InChI is InChI=1S/C16H14ClNO2/c17-11-3-1-2-10-15(11)18-12-6-9(8-4-5-8)7-13(19)14(12)16(10)20/h1-3,8-9H,4-7H2,(H,18,20). The number of pyridine rings is 1. The first-order valence-electron chi connectivity index (χ1n) is 7.01. The van der Waals surface area contributed by atoms with Crippen LogP contribution in [0, 0.1) is 11.8 Å². The maximum Gasteiger partial charge on any atom is 0.200 e. The van der Waals surface area contributed by atoms with Crippen molar-refractivity contribution in [1.82, 2.24) is 4.98 Å². The van der Waals surface area contributed by atoms with Crippen molar-refractivity contribution in [2.45, 2.75) is 25.7 Å². The first-order chi connectivity index (χ1) is 9.65. The van der Waals surface area contributed by atoms with Crippen LogP contribution in [-0.2, 0) is 6.42 Å². The number of benzene rings is 1. The van der Waals surface area contributed by atoms with E-state index in [1.807, 2.05) is 0 Å². The number of carbonyl (C=O) groups is 1. The van der Waals surface area contributed by atoms with Crippen molar-refractivity contribution in [3.05, 3.63) is 44.7 Å². The molecule has 2 aliphatic rings. The molecule has 4 heteroatoms. The number of nitrogens with one attached hydrogen (secondary N) is 1. The van der Waals surface area contributed by atoms with E-state index in [9.17, 15) is 9.59 Å². The van der Waals surface area contributed by atoms with Gasteiger partial charge in [-0.2, -0.15) is 0 Å². The van der Waals surface area contributed by atoms with Crippen molar-refractivity contribution in [2.24, 2.45) is 11.8 Å². The molecule has 102 valence electrons. The van der Waals surface area contributed by atoms with E-state index in [4.69, 9.17) is 11.6 Å². The average molecular weight is 288 g/mol. The summed E-state index contributed by atoms with van der Waals surface area (Å²) in [4.78, 5) is 28.1. The highest BCUT2D eigenvalue weighted by molar-refractivity contribution is 6.35. The lowest BCUT2D eigenvalue weighted by molar-refractivity contribution is 0.0940. The number of hydrogen-bond donors (Lipinski definition) is 1. The van der Waals surface area contributed by atoms with Crippen LogP contribution in [0.5, 0.6) is 0 Å². The third kappa shape index (κ3) is 1.73. The molecule has 1 heterocycles. The third-order valence-corrected chi connectivity index (χ3v) is 4.86. The number of carbonyl (C=O) groups excluding carboxylic acids is 1. The van der Waals surface area contributed by atoms with E-state index in [1.54, 1.807) is 18.2 Å². The molecule has 0 aliphatic heterocycles. The summed E-state index contributed by atoms with van der Waals surface area (Å²) in [5.41, 5.74) is 1.62. The van der Waals surface area contributed by atoms with Crippen molar-refractivity contribution in [3.8, 4) is 0 Å². The van der Waals surface area contributed by atoms with Crippen LogP contribution in [0.1, 0.15) is 35.3 Å². The zero-order valence-electron chi connectivity index (χ0n) is 10.9. The Morgan fingerprint density at radius 3 is 2.65 bits per heavy atom. The SMILES string of the molecule is O=C1CC(C2CC2)Cc2[nH]c3c(Cl)cccc3c(=O)c21. The van der Waals surface area contributed by atoms with Crippen LogP contribution in [0.15, 0.2) is 23.0 Å². The Balaban J connectivity index is 1.97. The van der Waals surface area contributed by atoms with Gasteiger partial charge in [-0.1, -0.05) is 17.7 Å². The van der Waals surface area contributed by atoms with E-state index in [0.29, 0.717) is 39.7 Å². The summed E-state index contributed by atoms with van der Waals surface area (Å²) in [6.07, 6.45) is 3.74. The molecule has 3 nitrogen and oxygen atoms in total. The summed E-state index contributed by atoms with van der Waals surface area (Å²) in [7, 11) is 0. The van der Waals surface area contributed by atoms with Gasteiger partial charge in [0.15, 0.2) is 5.78 Å². The largest absolute Gasteiger partial charge is 0.356 e. The Bertz CT molecular complexity index is 789. The molecule has 1 saturated carbocycles. The Hall–Kier alpha value is -1.61. The van der Waals surface area contributed by atoms with E-state index in [-0.39, 0.29) is 11.2 Å². The number of halogens is 1. The van der Waals surface area contributed by atoms with Gasteiger partial charge in [-0.15, -0.1) is 0 Å². The van der Waals surface area contributed by atoms with Gasteiger partial charge < -0.3 is 4.98 Å². The Morgan fingerprint density at radius 2 is 1.90 bits per heavy atom. The van der Waals surface area contributed by atoms with Crippen LogP contribution in [0.2, 0.25) is 5.02 Å². The molecule has 20 heavy (non-hydrogen) atoms. The maximum absolute atomic E-state index is 12.5. The minimum absolute atomic E-state index is 0.00808. The summed E-state index contributed by atoms with van der Waals surface area (Å²) in [6, 6.07) is 5.22. The van der Waals surface area contributed by atoms with E-state index in [2.05, 4.69) is 4.98 Å². The lowest BCUT2D eigenvalue weighted by Gasteiger charge is -2.23. The number of hydrogen-bond acceptors (Lipinski definition) is 2. The number of H-pyrrole nitrogens is 1. The molecule has 2 aliphatic carbocycles. The molecule has 0 radical (unpaired) electrons. The van der Waals surface area contributed by atoms with Crippen LogP contribution >= 0.6 is 11.6 Å². The minimum atomic E-state index is -0.171. The number of Topliss-reactive ketones (excluding diaryl/α,β-unsaturated/α-hetero) is 1. The van der Waals surface area contributed by atoms with Gasteiger partial charge in [0.25, 0.3) is 0 Å². The minimum Gasteiger partial charge on any atom is -0.356 e. The fraction of sp³-hybridized carbons (Fsp3) is 0.375. The molecule has 1 N–H and O–H groups in total. The van der Waals surface area contributed by atoms with Crippen molar-refractivity contribution in [2.75, 3.05) is 0 Å². The maximum atomic E-state index is 12.5. The normalized spacial score (nSPS) is 22.1. The van der Waals surface area contributed by atoms with Crippen LogP contribution in [0.25, 0.3) is 10.9 Å². The molecule has 1 fully saturated rings. The van der Waals surface area contributed by atoms with Crippen molar-refractivity contribution >= 4 is 28.3 Å². The fourth-order valence-electron chi connectivity index (χ4n) is 3.35. The molecular formula is C16H14ClNO2. The second-order valence-electron chi connectivity index (χ2n) is 5.90. The summed E-state index contributed by atoms with van der Waals surface area (Å²) in [5, 5.41) is 1.04. The van der Waals surface area contributed by atoms with Gasteiger partial charge in [-0.25, -0.2) is 0 Å². The molecule has 0 spiro atoms. The zero-order chi connectivity index (χ0) is 13.9. The average Bonchev–Trinajstić information content (AvgIpc) is 3.24. The van der Waals surface area contributed by atoms with Gasteiger partial charge in [0.05, 0.1) is 16.1 Å². The molecule has 2 aromatic rings. The number of fused-ring (bicyclic) bond motifs is 2. The molecule has 1 unspecified atom stereocenters. The second kappa shape index (κ2) is 4.19. The molecule has 1 aromatic carbocycles. The van der Waals surface area contributed by atoms with E-state index in [0.717, 1.165) is 12.1 Å². The topological polar surface area (TPSA) is 49.9 Å². The molecule has 0 bridgehead atoms. The summed E-state index contributed by atoms with van der Waals surface area (Å²) >= 11 is 6.16. The number of aromatic nitrogens is 1. The Morgan fingerprint density at radius 1 is 1.10 bits per heavy atom. The van der Waals surface area contributed by atoms with Crippen molar-refractivity contribution in [1.29, 1.82) is 0 Å². The van der Waals surface area contributed by atoms with Crippen molar-refractivity contribution < 1.29 is 4.79 Å². The van der Waals surface area contributed by atoms with E-state index < -0.39 is 0 Å². The van der Waals surface area contributed by atoms with Gasteiger partial charge in [-0.05, 0) is 43.2 Å². The Kier molecular flexibility index (Phi) is 2.55. The zero-order valence-corrected chi connectivity index (χ0v) is 11.7. The highest BCUT2D eigenvalue weighted by Crippen LogP contribution is 2.42. The van der Waals surface area contributed by atoms with E-state index in [1.165, 1.54) is 12.8 Å². The van der Waals surface area contributed by atoms with Gasteiger partial charge in [0.1, 0.15) is 0 Å². The fourth-order valence-corrected chi connectivity index (χ4v) is 3.57. The smallest absolute Gasteiger partial charge is 0.200 e. The highest BCUT2D eigenvalue weighted by atomic mass is 35.5. The van der Waals surface area contributed by atoms with Crippen molar-refractivity contribution in [3.63, 3.8) is 0 Å². The molecule has 1 atom stereocenters. The summed E-state index contributed by atoms with van der Waals surface area (Å²) in [6.45, 7) is 0. The first kappa shape index (κ1) is 12.2. The molecule has 0 saturated heterocycles. The van der Waals surface area contributed by atoms with Crippen LogP contribution < -0.4 is 5.43 Å². The first-order valence-corrected chi connectivity index (χ1v) is 7.39. The monoisotopic (exact) mass is 287 g/mol. The van der Waals surface area contributed by atoms with E-state index >= 15 is 0 Å². The van der Waals surface area contributed by atoms with Crippen LogP contribution in [0.4, 0.5) is 0 Å². The predicted molar refractivity (Wildman–Crippen MR) is 78.4 cm³/mol. The summed E-state index contributed by atoms with van der Waals surface area (Å²) < 4.78 is 0. The predicted octanol–water partition coefficient (Wildman–Crippen LogP) is 3.34. The van der Waals surface area contributed by atoms with Crippen LogP contribution in [-0.4, -0.2) is 10.8 Å². The van der Waals surface area contributed by atoms with Crippen LogP contribution in [0.3, 0.4) is 0 Å². The highest BCUT2D eigenvalue weighted by Gasteiger charge is 2.37. The Labute approximate surface area is 121 Å². The van der Waals surface area contributed by atoms with Gasteiger partial charge in [-0.3, -0.25) is 9.59 Å². The van der Waals surface area contributed by atoms with Gasteiger partial charge in [0.2, 0.25) is 5.43 Å². The number of ketones is 1.